The molecule has 3 amide bonds. The predicted octanol–water partition coefficient (Wildman–Crippen LogP) is 2.69. The van der Waals surface area contributed by atoms with Crippen molar-refractivity contribution in [3.05, 3.63) is 65.0 Å². The average molecular weight is 381 g/mol. The average Bonchev–Trinajstić information content (AvgIpc) is 2.66. The van der Waals surface area contributed by atoms with E-state index in [1.165, 1.54) is 0 Å². The van der Waals surface area contributed by atoms with E-state index in [1.807, 2.05) is 24.3 Å². The standard InChI is InChI=1S/C18H18F3N3O3/c1-27-10-12-4-2-3-11(7-12)8-22-18(26)23-9-15(25)24-14-6-5-13(19)16(20)17(14)21/h2-7H,8-10H2,1H3,(H,24,25)(H2,22,23,26). The monoisotopic (exact) mass is 381 g/mol. The lowest BCUT2D eigenvalue weighted by Crippen LogP contribution is -2.39. The Morgan fingerprint density at radius 1 is 1.00 bits per heavy atom. The van der Waals surface area contributed by atoms with Gasteiger partial charge in [0.15, 0.2) is 17.5 Å². The van der Waals surface area contributed by atoms with Gasteiger partial charge in [0, 0.05) is 13.7 Å². The van der Waals surface area contributed by atoms with Crippen LogP contribution in [0.3, 0.4) is 0 Å². The first-order chi connectivity index (χ1) is 12.9. The molecule has 9 heteroatoms. The minimum absolute atomic E-state index is 0.225. The molecule has 2 aromatic rings. The van der Waals surface area contributed by atoms with Gasteiger partial charge in [0.1, 0.15) is 0 Å². The number of rotatable bonds is 7. The van der Waals surface area contributed by atoms with Crippen LogP contribution in [0.4, 0.5) is 23.7 Å². The number of urea groups is 1. The normalized spacial score (nSPS) is 10.4. The van der Waals surface area contributed by atoms with Gasteiger partial charge in [-0.1, -0.05) is 24.3 Å². The highest BCUT2D eigenvalue weighted by molar-refractivity contribution is 5.94. The number of halogens is 3. The lowest BCUT2D eigenvalue weighted by atomic mass is 10.1. The Hall–Kier alpha value is -3.07. The van der Waals surface area contributed by atoms with Gasteiger partial charge in [-0.3, -0.25) is 4.79 Å². The fraction of sp³-hybridized carbons (Fsp3) is 0.222. The van der Waals surface area contributed by atoms with Crippen LogP contribution in [-0.4, -0.2) is 25.6 Å². The van der Waals surface area contributed by atoms with Crippen molar-refractivity contribution in [2.75, 3.05) is 19.0 Å². The van der Waals surface area contributed by atoms with Crippen LogP contribution < -0.4 is 16.0 Å². The van der Waals surface area contributed by atoms with E-state index in [0.29, 0.717) is 12.7 Å². The minimum atomic E-state index is -1.69. The second-order valence-electron chi connectivity index (χ2n) is 5.56. The summed E-state index contributed by atoms with van der Waals surface area (Å²) < 4.78 is 44.5. The van der Waals surface area contributed by atoms with E-state index in [-0.39, 0.29) is 6.54 Å². The molecule has 0 aromatic heterocycles. The van der Waals surface area contributed by atoms with E-state index in [1.54, 1.807) is 7.11 Å². The molecule has 0 radical (unpaired) electrons. The largest absolute Gasteiger partial charge is 0.380 e. The zero-order valence-corrected chi connectivity index (χ0v) is 14.4. The summed E-state index contributed by atoms with van der Waals surface area (Å²) in [5, 5.41) is 6.89. The van der Waals surface area contributed by atoms with Crippen LogP contribution >= 0.6 is 0 Å². The van der Waals surface area contributed by atoms with Gasteiger partial charge >= 0.3 is 6.03 Å². The SMILES string of the molecule is COCc1cccc(CNC(=O)NCC(=O)Nc2ccc(F)c(F)c2F)c1. The third-order valence-electron chi connectivity index (χ3n) is 3.47. The highest BCUT2D eigenvalue weighted by Gasteiger charge is 2.15. The Kier molecular flexibility index (Phi) is 7.18. The number of carbonyl (C=O) groups is 2. The molecule has 6 nitrogen and oxygen atoms in total. The molecule has 3 N–H and O–H groups in total. The lowest BCUT2D eigenvalue weighted by Gasteiger charge is -2.10. The number of hydrogen-bond donors (Lipinski definition) is 3. The summed E-state index contributed by atoms with van der Waals surface area (Å²) >= 11 is 0. The summed E-state index contributed by atoms with van der Waals surface area (Å²) in [6.07, 6.45) is 0. The van der Waals surface area contributed by atoms with Gasteiger partial charge in [-0.15, -0.1) is 0 Å². The number of ether oxygens (including phenoxy) is 1. The van der Waals surface area contributed by atoms with E-state index in [4.69, 9.17) is 4.74 Å². The Morgan fingerprint density at radius 3 is 2.48 bits per heavy atom. The van der Waals surface area contributed by atoms with Crippen molar-refractivity contribution < 1.29 is 27.5 Å². The summed E-state index contributed by atoms with van der Waals surface area (Å²) in [7, 11) is 1.58. The van der Waals surface area contributed by atoms with Crippen molar-refractivity contribution in [1.29, 1.82) is 0 Å². The summed E-state index contributed by atoms with van der Waals surface area (Å²) in [5.41, 5.74) is 1.27. The van der Waals surface area contributed by atoms with E-state index < -0.39 is 41.6 Å². The van der Waals surface area contributed by atoms with Gasteiger partial charge in [0.25, 0.3) is 0 Å². The molecule has 0 fully saturated rings. The second-order valence-corrected chi connectivity index (χ2v) is 5.56. The Morgan fingerprint density at radius 2 is 1.74 bits per heavy atom. The van der Waals surface area contributed by atoms with Crippen molar-refractivity contribution >= 4 is 17.6 Å². The minimum Gasteiger partial charge on any atom is -0.380 e. The molecule has 0 aliphatic heterocycles. The van der Waals surface area contributed by atoms with Crippen LogP contribution in [0.25, 0.3) is 0 Å². The molecule has 0 aliphatic carbocycles. The molecule has 0 aliphatic rings. The summed E-state index contributed by atoms with van der Waals surface area (Å²) in [6.45, 7) is 0.192. The first-order valence-electron chi connectivity index (χ1n) is 7.92. The van der Waals surface area contributed by atoms with Crippen molar-refractivity contribution in [3.63, 3.8) is 0 Å². The number of amides is 3. The smallest absolute Gasteiger partial charge is 0.315 e. The first-order valence-corrected chi connectivity index (χ1v) is 7.92. The quantitative estimate of drug-likeness (QED) is 0.645. The number of methoxy groups -OCH3 is 1. The zero-order valence-electron chi connectivity index (χ0n) is 14.4. The van der Waals surface area contributed by atoms with Crippen LogP contribution in [0.1, 0.15) is 11.1 Å². The molecule has 0 bridgehead atoms. The van der Waals surface area contributed by atoms with Crippen molar-refractivity contribution in [1.82, 2.24) is 10.6 Å². The zero-order chi connectivity index (χ0) is 19.8. The molecule has 0 unspecified atom stereocenters. The molecule has 0 heterocycles. The number of hydrogen-bond acceptors (Lipinski definition) is 3. The van der Waals surface area contributed by atoms with Gasteiger partial charge in [-0.25, -0.2) is 18.0 Å². The van der Waals surface area contributed by atoms with E-state index in [2.05, 4.69) is 16.0 Å². The topological polar surface area (TPSA) is 79.5 Å². The molecule has 2 rings (SSSR count). The Labute approximate surface area is 153 Å². The van der Waals surface area contributed by atoms with Crippen LogP contribution in [0, 0.1) is 17.5 Å². The van der Waals surface area contributed by atoms with Gasteiger partial charge in [0.05, 0.1) is 18.8 Å². The molecule has 0 atom stereocenters. The first kappa shape index (κ1) is 20.2. The fourth-order valence-electron chi connectivity index (χ4n) is 2.22. The summed E-state index contributed by atoms with van der Waals surface area (Å²) in [6, 6.07) is 8.35. The lowest BCUT2D eigenvalue weighted by molar-refractivity contribution is -0.115. The van der Waals surface area contributed by atoms with E-state index >= 15 is 0 Å². The van der Waals surface area contributed by atoms with E-state index in [0.717, 1.165) is 17.2 Å². The number of benzene rings is 2. The Balaban J connectivity index is 1.79. The molecule has 144 valence electrons. The molecule has 0 saturated heterocycles. The number of nitrogens with one attached hydrogen (secondary N) is 3. The van der Waals surface area contributed by atoms with Gasteiger partial charge in [-0.05, 0) is 23.3 Å². The maximum absolute atomic E-state index is 13.5. The van der Waals surface area contributed by atoms with Crippen LogP contribution in [-0.2, 0) is 22.7 Å². The van der Waals surface area contributed by atoms with Gasteiger partial charge in [-0.2, -0.15) is 0 Å². The van der Waals surface area contributed by atoms with Crippen molar-refractivity contribution in [2.24, 2.45) is 0 Å². The number of carbonyl (C=O) groups excluding carboxylic acids is 2. The van der Waals surface area contributed by atoms with Crippen LogP contribution in [0.15, 0.2) is 36.4 Å². The number of anilines is 1. The highest BCUT2D eigenvalue weighted by atomic mass is 19.2. The summed E-state index contributed by atoms with van der Waals surface area (Å²) in [5.74, 6) is -5.35. The van der Waals surface area contributed by atoms with Crippen LogP contribution in [0.2, 0.25) is 0 Å². The summed E-state index contributed by atoms with van der Waals surface area (Å²) in [4.78, 5) is 23.4. The fourth-order valence-corrected chi connectivity index (χ4v) is 2.22. The van der Waals surface area contributed by atoms with Gasteiger partial charge in [0.2, 0.25) is 5.91 Å². The Bertz CT molecular complexity index is 831. The maximum atomic E-state index is 13.5. The second kappa shape index (κ2) is 9.58. The molecule has 0 spiro atoms. The molecule has 2 aromatic carbocycles. The third kappa shape index (κ3) is 6.00. The van der Waals surface area contributed by atoms with Crippen LogP contribution in [0.5, 0.6) is 0 Å². The maximum Gasteiger partial charge on any atom is 0.315 e. The molecule has 27 heavy (non-hydrogen) atoms. The van der Waals surface area contributed by atoms with Gasteiger partial charge < -0.3 is 20.7 Å². The molecular formula is C18H18F3N3O3. The molecular weight excluding hydrogens is 363 g/mol. The highest BCUT2D eigenvalue weighted by Crippen LogP contribution is 2.19. The predicted molar refractivity (Wildman–Crippen MR) is 92.3 cm³/mol. The van der Waals surface area contributed by atoms with Crippen molar-refractivity contribution in [3.8, 4) is 0 Å². The molecule has 0 saturated carbocycles. The third-order valence-corrected chi connectivity index (χ3v) is 3.47. The van der Waals surface area contributed by atoms with E-state index in [9.17, 15) is 22.8 Å². The van der Waals surface area contributed by atoms with Crippen molar-refractivity contribution in [2.45, 2.75) is 13.2 Å².